The molecule has 0 bridgehead atoms. The van der Waals surface area contributed by atoms with Gasteiger partial charge in [0.1, 0.15) is 5.78 Å². The van der Waals surface area contributed by atoms with Crippen LogP contribution in [0.15, 0.2) is 12.7 Å². The number of rotatable bonds is 8. The van der Waals surface area contributed by atoms with Crippen molar-refractivity contribution in [3.8, 4) is 0 Å². The summed E-state index contributed by atoms with van der Waals surface area (Å²) in [7, 11) is 0. The Morgan fingerprint density at radius 2 is 2.25 bits per heavy atom. The van der Waals surface area contributed by atoms with Crippen molar-refractivity contribution in [3.05, 3.63) is 12.7 Å². The van der Waals surface area contributed by atoms with Gasteiger partial charge >= 0.3 is 0 Å². The Balaban J connectivity index is 3.15. The van der Waals surface area contributed by atoms with Gasteiger partial charge in [0.2, 0.25) is 0 Å². The Labute approximate surface area is 79.6 Å². The van der Waals surface area contributed by atoms with Gasteiger partial charge in [0, 0.05) is 12.2 Å². The maximum Gasteiger partial charge on any atom is 0.142 e. The average molecular weight is 186 g/mol. The smallest absolute Gasteiger partial charge is 0.142 e. The minimum Gasteiger partial charge on any atom is -0.299 e. The van der Waals surface area contributed by atoms with Crippen LogP contribution in [0.3, 0.4) is 0 Å². The lowest BCUT2D eigenvalue weighted by Crippen LogP contribution is -2.01. The molecule has 0 aliphatic heterocycles. The Bertz CT molecular complexity index is 132. The molecule has 0 spiro atoms. The summed E-state index contributed by atoms with van der Waals surface area (Å²) in [6.45, 7) is 5.75. The fraction of sp³-hybridized carbons (Fsp3) is 0.700. The van der Waals surface area contributed by atoms with Crippen LogP contribution in [0.1, 0.15) is 32.6 Å². The molecule has 1 nitrogen and oxygen atoms in total. The second kappa shape index (κ2) is 8.85. The highest BCUT2D eigenvalue weighted by Crippen LogP contribution is 2.05. The van der Waals surface area contributed by atoms with E-state index in [0.717, 1.165) is 18.6 Å². The number of carbonyl (C=O) groups excluding carboxylic acids is 1. The van der Waals surface area contributed by atoms with Gasteiger partial charge in [-0.05, 0) is 6.42 Å². The van der Waals surface area contributed by atoms with Gasteiger partial charge in [0.15, 0.2) is 0 Å². The predicted octanol–water partition coefficient (Wildman–Crippen LogP) is 3.06. The quantitative estimate of drug-likeness (QED) is 0.428. The highest BCUT2D eigenvalue weighted by atomic mass is 32.2. The summed E-state index contributed by atoms with van der Waals surface area (Å²) in [6.07, 6.45) is 6.02. The zero-order chi connectivity index (χ0) is 9.23. The molecule has 0 aromatic carbocycles. The van der Waals surface area contributed by atoms with E-state index in [-0.39, 0.29) is 0 Å². The molecule has 70 valence electrons. The van der Waals surface area contributed by atoms with Crippen LogP contribution in [-0.4, -0.2) is 17.3 Å². The lowest BCUT2D eigenvalue weighted by Gasteiger charge is -1.98. The third-order valence-corrected chi connectivity index (χ3v) is 2.56. The van der Waals surface area contributed by atoms with E-state index in [1.54, 1.807) is 11.8 Å². The van der Waals surface area contributed by atoms with Gasteiger partial charge in [-0.2, -0.15) is 0 Å². The SMILES string of the molecule is C=CCSCC(=O)CCCCC. The molecule has 0 radical (unpaired) electrons. The molecule has 0 aromatic heterocycles. The maximum absolute atomic E-state index is 11.1. The number of thioether (sulfide) groups is 1. The topological polar surface area (TPSA) is 17.1 Å². The average Bonchev–Trinajstić information content (AvgIpc) is 2.06. The van der Waals surface area contributed by atoms with Gasteiger partial charge in [0.05, 0.1) is 5.75 Å². The highest BCUT2D eigenvalue weighted by molar-refractivity contribution is 8.00. The van der Waals surface area contributed by atoms with E-state index in [4.69, 9.17) is 0 Å². The first-order valence-electron chi connectivity index (χ1n) is 4.51. The van der Waals surface area contributed by atoms with Crippen molar-refractivity contribution in [2.24, 2.45) is 0 Å². The second-order valence-corrected chi connectivity index (χ2v) is 3.83. The summed E-state index contributed by atoms with van der Waals surface area (Å²) in [6, 6.07) is 0. The third kappa shape index (κ3) is 7.86. The van der Waals surface area contributed by atoms with Gasteiger partial charge in [0.25, 0.3) is 0 Å². The number of ketones is 1. The molecule has 0 saturated carbocycles. The van der Waals surface area contributed by atoms with Crippen molar-refractivity contribution in [2.45, 2.75) is 32.6 Å². The Kier molecular flexibility index (Phi) is 8.68. The van der Waals surface area contributed by atoms with Crippen LogP contribution >= 0.6 is 11.8 Å². The molecule has 0 aromatic rings. The van der Waals surface area contributed by atoms with Crippen LogP contribution in [0.25, 0.3) is 0 Å². The normalized spacial score (nSPS) is 9.75. The van der Waals surface area contributed by atoms with Gasteiger partial charge in [-0.25, -0.2) is 0 Å². The minimum absolute atomic E-state index is 0.385. The molecular formula is C10H18OS. The van der Waals surface area contributed by atoms with E-state index in [2.05, 4.69) is 13.5 Å². The standard InChI is InChI=1S/C10H18OS/c1-3-5-6-7-10(11)9-12-8-4-2/h4H,2-3,5-9H2,1H3. The number of unbranched alkanes of at least 4 members (excludes halogenated alkanes) is 2. The van der Waals surface area contributed by atoms with Crippen LogP contribution in [0.5, 0.6) is 0 Å². The number of Topliss-reactive ketones (excluding diaryl/α,β-unsaturated/α-hetero) is 1. The predicted molar refractivity (Wildman–Crippen MR) is 56.7 cm³/mol. The van der Waals surface area contributed by atoms with Gasteiger partial charge in [-0.15, -0.1) is 18.3 Å². The fourth-order valence-corrected chi connectivity index (χ4v) is 1.56. The Hall–Kier alpha value is -0.240. The third-order valence-electron chi connectivity index (χ3n) is 1.56. The van der Waals surface area contributed by atoms with Crippen molar-refractivity contribution in [1.29, 1.82) is 0 Å². The molecule has 2 heteroatoms. The lowest BCUT2D eigenvalue weighted by atomic mass is 10.2. The number of hydrogen-bond donors (Lipinski definition) is 0. The van der Waals surface area contributed by atoms with E-state index in [9.17, 15) is 4.79 Å². The summed E-state index contributed by atoms with van der Waals surface area (Å²) in [4.78, 5) is 11.1. The zero-order valence-corrected chi connectivity index (χ0v) is 8.66. The lowest BCUT2D eigenvalue weighted by molar-refractivity contribution is -0.116. The maximum atomic E-state index is 11.1. The summed E-state index contributed by atoms with van der Waals surface area (Å²) in [5, 5.41) is 0. The molecule has 0 saturated heterocycles. The summed E-state index contributed by atoms with van der Waals surface area (Å²) >= 11 is 1.65. The minimum atomic E-state index is 0.385. The molecule has 0 aliphatic rings. The van der Waals surface area contributed by atoms with Crippen LogP contribution in [0.4, 0.5) is 0 Å². The molecule has 0 aliphatic carbocycles. The van der Waals surface area contributed by atoms with E-state index in [0.29, 0.717) is 11.5 Å². The molecule has 0 N–H and O–H groups in total. The summed E-state index contributed by atoms with van der Waals surface area (Å²) in [5.74, 6) is 1.94. The van der Waals surface area contributed by atoms with Crippen LogP contribution < -0.4 is 0 Å². The Morgan fingerprint density at radius 3 is 2.83 bits per heavy atom. The van der Waals surface area contributed by atoms with Gasteiger partial charge in [-0.1, -0.05) is 25.8 Å². The fourth-order valence-electron chi connectivity index (χ4n) is 0.900. The van der Waals surface area contributed by atoms with Crippen molar-refractivity contribution in [1.82, 2.24) is 0 Å². The van der Waals surface area contributed by atoms with Crippen LogP contribution in [0, 0.1) is 0 Å². The first-order valence-corrected chi connectivity index (χ1v) is 5.67. The monoisotopic (exact) mass is 186 g/mol. The molecule has 0 atom stereocenters. The van der Waals surface area contributed by atoms with Crippen molar-refractivity contribution in [3.63, 3.8) is 0 Å². The number of carbonyl (C=O) groups is 1. The van der Waals surface area contributed by atoms with Crippen molar-refractivity contribution < 1.29 is 4.79 Å². The van der Waals surface area contributed by atoms with Gasteiger partial charge in [-0.3, -0.25) is 4.79 Å². The molecule has 0 rings (SSSR count). The number of hydrogen-bond acceptors (Lipinski definition) is 2. The molecule has 0 fully saturated rings. The van der Waals surface area contributed by atoms with Crippen molar-refractivity contribution >= 4 is 17.5 Å². The largest absolute Gasteiger partial charge is 0.299 e. The van der Waals surface area contributed by atoms with Crippen molar-refractivity contribution in [2.75, 3.05) is 11.5 Å². The molecule has 0 heterocycles. The highest BCUT2D eigenvalue weighted by Gasteiger charge is 1.99. The Morgan fingerprint density at radius 1 is 1.50 bits per heavy atom. The van der Waals surface area contributed by atoms with E-state index < -0.39 is 0 Å². The molecule has 12 heavy (non-hydrogen) atoms. The van der Waals surface area contributed by atoms with E-state index >= 15 is 0 Å². The first kappa shape index (κ1) is 11.8. The van der Waals surface area contributed by atoms with Crippen LogP contribution in [-0.2, 0) is 4.79 Å². The molecule has 0 unspecified atom stereocenters. The summed E-state index contributed by atoms with van der Waals surface area (Å²) < 4.78 is 0. The van der Waals surface area contributed by atoms with Crippen LogP contribution in [0.2, 0.25) is 0 Å². The van der Waals surface area contributed by atoms with E-state index in [1.807, 2.05) is 6.08 Å². The first-order chi connectivity index (χ1) is 5.81. The molecule has 0 amide bonds. The van der Waals surface area contributed by atoms with Gasteiger partial charge < -0.3 is 0 Å². The summed E-state index contributed by atoms with van der Waals surface area (Å²) in [5.41, 5.74) is 0. The second-order valence-electron chi connectivity index (χ2n) is 2.80. The molecular weight excluding hydrogens is 168 g/mol. The zero-order valence-electron chi connectivity index (χ0n) is 7.84. The van der Waals surface area contributed by atoms with E-state index in [1.165, 1.54) is 12.8 Å².